The predicted molar refractivity (Wildman–Crippen MR) is 179 cm³/mol. The Kier molecular flexibility index (Phi) is 11.5. The van der Waals surface area contributed by atoms with Gasteiger partial charge in [0.15, 0.2) is 0 Å². The van der Waals surface area contributed by atoms with E-state index in [1.54, 1.807) is 42.1 Å². The second kappa shape index (κ2) is 14.2. The van der Waals surface area contributed by atoms with Crippen LogP contribution in [0.2, 0.25) is 0 Å². The van der Waals surface area contributed by atoms with Crippen LogP contribution in [-0.4, -0.2) is 26.2 Å². The summed E-state index contributed by atoms with van der Waals surface area (Å²) in [5.41, 5.74) is 4.09. The Morgan fingerprint density at radius 3 is 1.60 bits per heavy atom. The van der Waals surface area contributed by atoms with Crippen LogP contribution in [0.3, 0.4) is 0 Å². The molecule has 3 aromatic rings. The molecule has 40 heavy (non-hydrogen) atoms. The van der Waals surface area contributed by atoms with Crippen molar-refractivity contribution < 1.29 is 18.9 Å². The SMILES string of the molecule is CCOC(=S)SCc1cc(C)c(C(=O)P(=O)(C(=O)c2c(C)cc(CSC(C)=S)cc2C)c2ccccc2)c(C)c1. The number of benzene rings is 3. The first-order valence-electron chi connectivity index (χ1n) is 12.8. The monoisotopic (exact) mass is 628 g/mol. The first-order valence-corrected chi connectivity index (χ1v) is 17.3. The van der Waals surface area contributed by atoms with E-state index in [4.69, 9.17) is 29.2 Å². The van der Waals surface area contributed by atoms with Gasteiger partial charge in [0.1, 0.15) is 0 Å². The van der Waals surface area contributed by atoms with Crippen molar-refractivity contribution in [2.75, 3.05) is 6.61 Å². The fraction of sp³-hybridized carbons (Fsp3) is 0.290. The summed E-state index contributed by atoms with van der Waals surface area (Å²) in [7, 11) is -4.26. The molecule has 1 atom stereocenters. The molecule has 3 rings (SSSR count). The van der Waals surface area contributed by atoms with Crippen LogP contribution in [0.25, 0.3) is 0 Å². The van der Waals surface area contributed by atoms with Gasteiger partial charge >= 0.3 is 0 Å². The van der Waals surface area contributed by atoms with Gasteiger partial charge in [-0.25, -0.2) is 0 Å². The zero-order chi connectivity index (χ0) is 29.6. The molecule has 9 heteroatoms. The number of rotatable bonds is 10. The Morgan fingerprint density at radius 1 is 0.775 bits per heavy atom. The Labute approximate surface area is 256 Å². The topological polar surface area (TPSA) is 60.4 Å². The normalized spacial score (nSPS) is 12.4. The molecule has 0 radical (unpaired) electrons. The lowest BCUT2D eigenvalue weighted by atomic mass is 10.0. The van der Waals surface area contributed by atoms with Crippen molar-refractivity contribution in [3.8, 4) is 0 Å². The molecule has 0 N–H and O–H groups in total. The quantitative estimate of drug-likeness (QED) is 0.163. The molecule has 0 saturated heterocycles. The molecule has 0 saturated carbocycles. The molecule has 0 heterocycles. The summed E-state index contributed by atoms with van der Waals surface area (Å²) < 4.78 is 21.6. The Balaban J connectivity index is 2.09. The maximum atomic E-state index is 14.9. The van der Waals surface area contributed by atoms with Gasteiger partial charge in [0, 0.05) is 32.1 Å². The number of aryl methyl sites for hydroxylation is 4. The molecular weight excluding hydrogens is 596 g/mol. The van der Waals surface area contributed by atoms with Crippen molar-refractivity contribution in [2.24, 2.45) is 0 Å². The fourth-order valence-corrected chi connectivity index (χ4v) is 8.96. The van der Waals surface area contributed by atoms with Crippen LogP contribution in [0.5, 0.6) is 0 Å². The summed E-state index contributed by atoms with van der Waals surface area (Å²) in [5.74, 6) is 1.26. The van der Waals surface area contributed by atoms with E-state index in [-0.39, 0.29) is 5.30 Å². The number of carbonyl (C=O) groups excluding carboxylic acids is 2. The molecular formula is C31H33O4PS4. The zero-order valence-electron chi connectivity index (χ0n) is 23.5. The lowest BCUT2D eigenvalue weighted by Gasteiger charge is -2.21. The molecule has 0 amide bonds. The lowest BCUT2D eigenvalue weighted by Crippen LogP contribution is -2.23. The van der Waals surface area contributed by atoms with Gasteiger partial charge in [-0.2, -0.15) is 0 Å². The van der Waals surface area contributed by atoms with Crippen LogP contribution < -0.4 is 5.30 Å². The minimum atomic E-state index is -4.26. The van der Waals surface area contributed by atoms with E-state index in [0.717, 1.165) is 15.3 Å². The smallest absolute Gasteiger partial charge is 0.248 e. The average molecular weight is 629 g/mol. The van der Waals surface area contributed by atoms with Crippen LogP contribution in [0.1, 0.15) is 67.9 Å². The van der Waals surface area contributed by atoms with Crippen molar-refractivity contribution in [3.63, 3.8) is 0 Å². The zero-order valence-corrected chi connectivity index (χ0v) is 27.7. The predicted octanol–water partition coefficient (Wildman–Crippen LogP) is 8.72. The van der Waals surface area contributed by atoms with Crippen LogP contribution in [0.4, 0.5) is 0 Å². The summed E-state index contributed by atoms with van der Waals surface area (Å²) >= 11 is 13.4. The van der Waals surface area contributed by atoms with E-state index in [9.17, 15) is 14.2 Å². The van der Waals surface area contributed by atoms with E-state index < -0.39 is 18.2 Å². The standard InChI is InChI=1S/C31H33O4PS4/c1-7-35-31(38)40-18-25-15-21(4)28(22(5)16-25)30(33)36(34,26-11-9-8-10-12-26)29(32)27-19(2)13-24(14-20(27)3)17-39-23(6)37/h8-16H,7,17-18H2,1-6H3. The van der Waals surface area contributed by atoms with Gasteiger partial charge < -0.3 is 9.30 Å². The van der Waals surface area contributed by atoms with Gasteiger partial charge in [-0.1, -0.05) is 78.6 Å². The van der Waals surface area contributed by atoms with Crippen molar-refractivity contribution in [1.29, 1.82) is 0 Å². The Bertz CT molecular complexity index is 1470. The third-order valence-corrected chi connectivity index (χ3v) is 11.5. The molecule has 0 fully saturated rings. The van der Waals surface area contributed by atoms with Gasteiger partial charge in [0.25, 0.3) is 0 Å². The third kappa shape index (κ3) is 7.40. The first-order chi connectivity index (χ1) is 18.9. The average Bonchev–Trinajstić information content (AvgIpc) is 2.90. The molecule has 0 bridgehead atoms. The lowest BCUT2D eigenvalue weighted by molar-refractivity contribution is 0.104. The molecule has 1 unspecified atom stereocenters. The summed E-state index contributed by atoms with van der Waals surface area (Å²) in [6.07, 6.45) is 0. The second-order valence-corrected chi connectivity index (χ2v) is 15.7. The molecule has 0 aromatic heterocycles. The highest BCUT2D eigenvalue weighted by molar-refractivity contribution is 8.22. The van der Waals surface area contributed by atoms with Crippen molar-refractivity contribution in [1.82, 2.24) is 0 Å². The number of thioether (sulfide) groups is 2. The highest BCUT2D eigenvalue weighted by atomic mass is 32.2. The van der Waals surface area contributed by atoms with Crippen LogP contribution in [0.15, 0.2) is 54.6 Å². The molecule has 0 aliphatic carbocycles. The fourth-order valence-electron chi connectivity index (χ4n) is 4.71. The number of ether oxygens (including phenoxy) is 1. The molecule has 210 valence electrons. The molecule has 4 nitrogen and oxygen atoms in total. The Morgan fingerprint density at radius 2 is 1.20 bits per heavy atom. The van der Waals surface area contributed by atoms with Crippen molar-refractivity contribution in [2.45, 2.75) is 53.0 Å². The number of hydrogen-bond acceptors (Lipinski definition) is 8. The molecule has 3 aromatic carbocycles. The van der Waals surface area contributed by atoms with E-state index in [1.807, 2.05) is 65.8 Å². The van der Waals surface area contributed by atoms with Crippen molar-refractivity contribution >= 4 is 80.0 Å². The third-order valence-electron chi connectivity index (χ3n) is 6.37. The van der Waals surface area contributed by atoms with Gasteiger partial charge in [-0.15, -0.1) is 11.8 Å². The maximum absolute atomic E-state index is 14.9. The summed E-state index contributed by atoms with van der Waals surface area (Å²) in [5, 5.41) is 0.236. The molecule has 0 aliphatic rings. The summed E-state index contributed by atoms with van der Waals surface area (Å²) in [6, 6.07) is 16.0. The van der Waals surface area contributed by atoms with Gasteiger partial charge in [0.2, 0.25) is 22.6 Å². The second-order valence-electron chi connectivity index (χ2n) is 9.52. The highest BCUT2D eigenvalue weighted by Gasteiger charge is 2.44. The number of carbonyl (C=O) groups is 2. The van der Waals surface area contributed by atoms with Crippen LogP contribution >= 0.6 is 55.1 Å². The number of hydrogen-bond donors (Lipinski definition) is 0. The number of thiocarbonyl (C=S) groups is 2. The highest BCUT2D eigenvalue weighted by Crippen LogP contribution is 2.52. The van der Waals surface area contributed by atoms with E-state index in [0.29, 0.717) is 55.9 Å². The molecule has 0 aliphatic heterocycles. The van der Waals surface area contributed by atoms with E-state index in [1.165, 1.54) is 11.8 Å². The van der Waals surface area contributed by atoms with Gasteiger partial charge in [-0.3, -0.25) is 9.59 Å². The minimum Gasteiger partial charge on any atom is -0.479 e. The van der Waals surface area contributed by atoms with Crippen molar-refractivity contribution in [3.05, 3.63) is 99.1 Å². The first kappa shape index (κ1) is 32.4. The largest absolute Gasteiger partial charge is 0.479 e. The van der Waals surface area contributed by atoms with E-state index in [2.05, 4.69) is 0 Å². The summed E-state index contributed by atoms with van der Waals surface area (Å²) in [6.45, 7) is 11.6. The summed E-state index contributed by atoms with van der Waals surface area (Å²) in [4.78, 5) is 28.6. The van der Waals surface area contributed by atoms with Gasteiger partial charge in [0.05, 0.1) is 6.61 Å². The van der Waals surface area contributed by atoms with E-state index >= 15 is 0 Å². The maximum Gasteiger partial charge on any atom is 0.248 e. The molecule has 0 spiro atoms. The Hall–Kier alpha value is -2.09. The van der Waals surface area contributed by atoms with Gasteiger partial charge in [-0.05, 0) is 87.1 Å². The van der Waals surface area contributed by atoms with Crippen LogP contribution in [0, 0.1) is 27.7 Å². The minimum absolute atomic E-state index is 0.236. The van der Waals surface area contributed by atoms with Crippen LogP contribution in [-0.2, 0) is 20.8 Å².